The number of aromatic nitrogens is 1. The van der Waals surface area contributed by atoms with E-state index in [4.69, 9.17) is 5.11 Å². The highest BCUT2D eigenvalue weighted by Crippen LogP contribution is 2.18. The number of aliphatic carboxylic acids is 1. The lowest BCUT2D eigenvalue weighted by Gasteiger charge is -2.30. The molecular weight excluding hydrogens is 288 g/mol. The van der Waals surface area contributed by atoms with Crippen molar-refractivity contribution >= 4 is 23.6 Å². The molecule has 0 aromatic carbocycles. The minimum Gasteiger partial charge on any atom is -0.481 e. The summed E-state index contributed by atoms with van der Waals surface area (Å²) in [4.78, 5) is 29.0. The Hall–Kier alpha value is -1.56. The molecule has 2 heterocycles. The van der Waals surface area contributed by atoms with Crippen LogP contribution in [0.1, 0.15) is 25.0 Å². The predicted octanol–water partition coefficient (Wildman–Crippen LogP) is 2.03. The number of thioether (sulfide) groups is 1. The first-order chi connectivity index (χ1) is 10.2. The minimum atomic E-state index is -0.794. The van der Waals surface area contributed by atoms with Crippen LogP contribution < -0.4 is 0 Å². The average molecular weight is 308 g/mol. The van der Waals surface area contributed by atoms with E-state index in [9.17, 15) is 9.59 Å². The van der Waals surface area contributed by atoms with E-state index in [1.165, 1.54) is 0 Å². The molecule has 1 amide bonds. The second-order valence-electron chi connectivity index (χ2n) is 5.14. The molecule has 0 radical (unpaired) electrons. The number of piperidine rings is 1. The second kappa shape index (κ2) is 8.02. The van der Waals surface area contributed by atoms with Gasteiger partial charge in [0, 0.05) is 37.2 Å². The number of pyridine rings is 1. The van der Waals surface area contributed by atoms with Gasteiger partial charge < -0.3 is 10.0 Å². The van der Waals surface area contributed by atoms with Gasteiger partial charge in [-0.15, -0.1) is 0 Å². The Kier molecular flexibility index (Phi) is 6.04. The molecule has 114 valence electrons. The van der Waals surface area contributed by atoms with E-state index < -0.39 is 11.9 Å². The standard InChI is InChI=1S/C15H20N2O3S/c18-14(17-8-3-4-12(10-17)15(19)20)6-9-21-11-13-5-1-2-7-16-13/h1-2,5,7,12H,3-4,6,8-11H2,(H,19,20). The van der Waals surface area contributed by atoms with E-state index >= 15 is 0 Å². The van der Waals surface area contributed by atoms with Crippen LogP contribution in [0.3, 0.4) is 0 Å². The van der Waals surface area contributed by atoms with Gasteiger partial charge in [0.2, 0.25) is 5.91 Å². The molecular formula is C15H20N2O3S. The van der Waals surface area contributed by atoms with Crippen LogP contribution in [-0.4, -0.2) is 45.7 Å². The lowest BCUT2D eigenvalue weighted by Crippen LogP contribution is -2.42. The second-order valence-corrected chi connectivity index (χ2v) is 6.25. The number of likely N-dealkylation sites (tertiary alicyclic amines) is 1. The van der Waals surface area contributed by atoms with Gasteiger partial charge in [-0.2, -0.15) is 11.8 Å². The van der Waals surface area contributed by atoms with Crippen molar-refractivity contribution in [2.24, 2.45) is 5.92 Å². The molecule has 1 aliphatic heterocycles. The molecule has 0 spiro atoms. The van der Waals surface area contributed by atoms with Crippen LogP contribution in [0.2, 0.25) is 0 Å². The number of carboxylic acid groups (broad SMARTS) is 1. The van der Waals surface area contributed by atoms with Gasteiger partial charge in [0.05, 0.1) is 11.6 Å². The van der Waals surface area contributed by atoms with E-state index in [1.54, 1.807) is 22.9 Å². The highest BCUT2D eigenvalue weighted by molar-refractivity contribution is 7.98. The quantitative estimate of drug-likeness (QED) is 0.814. The zero-order valence-corrected chi connectivity index (χ0v) is 12.7. The smallest absolute Gasteiger partial charge is 0.308 e. The van der Waals surface area contributed by atoms with Gasteiger partial charge >= 0.3 is 5.97 Å². The Labute approximate surface area is 128 Å². The lowest BCUT2D eigenvalue weighted by molar-refractivity contribution is -0.145. The zero-order valence-electron chi connectivity index (χ0n) is 11.9. The molecule has 21 heavy (non-hydrogen) atoms. The van der Waals surface area contributed by atoms with E-state index in [0.717, 1.165) is 23.6 Å². The van der Waals surface area contributed by atoms with Gasteiger partial charge in [-0.1, -0.05) is 6.07 Å². The van der Waals surface area contributed by atoms with Crippen LogP contribution in [-0.2, 0) is 15.3 Å². The summed E-state index contributed by atoms with van der Waals surface area (Å²) in [6.45, 7) is 1.05. The molecule has 1 aliphatic rings. The Morgan fingerprint density at radius 2 is 2.29 bits per heavy atom. The molecule has 1 saturated heterocycles. The molecule has 2 rings (SSSR count). The molecule has 0 saturated carbocycles. The zero-order chi connectivity index (χ0) is 15.1. The first kappa shape index (κ1) is 15.8. The summed E-state index contributed by atoms with van der Waals surface area (Å²) in [7, 11) is 0. The number of rotatable bonds is 6. The Bertz CT molecular complexity index is 481. The minimum absolute atomic E-state index is 0.0643. The predicted molar refractivity (Wildman–Crippen MR) is 82.0 cm³/mol. The number of amides is 1. The molecule has 1 N–H and O–H groups in total. The van der Waals surface area contributed by atoms with Crippen LogP contribution >= 0.6 is 11.8 Å². The van der Waals surface area contributed by atoms with Crippen LogP contribution in [0.4, 0.5) is 0 Å². The maximum absolute atomic E-state index is 12.1. The molecule has 1 aromatic heterocycles. The molecule has 1 fully saturated rings. The highest BCUT2D eigenvalue weighted by atomic mass is 32.2. The largest absolute Gasteiger partial charge is 0.481 e. The molecule has 1 aromatic rings. The maximum atomic E-state index is 12.1. The van der Waals surface area contributed by atoms with Crippen molar-refractivity contribution in [2.45, 2.75) is 25.0 Å². The van der Waals surface area contributed by atoms with Crippen molar-refractivity contribution < 1.29 is 14.7 Å². The molecule has 6 heteroatoms. The van der Waals surface area contributed by atoms with Crippen molar-refractivity contribution in [3.8, 4) is 0 Å². The van der Waals surface area contributed by atoms with Gasteiger partial charge in [-0.05, 0) is 25.0 Å². The molecule has 0 bridgehead atoms. The summed E-state index contributed by atoms with van der Waals surface area (Å²) in [5, 5.41) is 9.03. The number of hydrogen-bond acceptors (Lipinski definition) is 4. The van der Waals surface area contributed by atoms with Gasteiger partial charge in [0.1, 0.15) is 0 Å². The van der Waals surface area contributed by atoms with Crippen LogP contribution in [0.5, 0.6) is 0 Å². The fourth-order valence-corrected chi connectivity index (χ4v) is 3.23. The van der Waals surface area contributed by atoms with Crippen LogP contribution in [0.15, 0.2) is 24.4 Å². The normalized spacial score (nSPS) is 18.5. The highest BCUT2D eigenvalue weighted by Gasteiger charge is 2.27. The van der Waals surface area contributed by atoms with Gasteiger partial charge in [-0.3, -0.25) is 14.6 Å². The molecule has 5 nitrogen and oxygen atoms in total. The Balaban J connectivity index is 1.68. The summed E-state index contributed by atoms with van der Waals surface area (Å²) >= 11 is 1.68. The SMILES string of the molecule is O=C(O)C1CCCN(C(=O)CCSCc2ccccn2)C1. The first-order valence-electron chi connectivity index (χ1n) is 7.15. The summed E-state index contributed by atoms with van der Waals surface area (Å²) < 4.78 is 0. The van der Waals surface area contributed by atoms with E-state index in [0.29, 0.717) is 25.9 Å². The van der Waals surface area contributed by atoms with Crippen molar-refractivity contribution in [3.63, 3.8) is 0 Å². The summed E-state index contributed by atoms with van der Waals surface area (Å²) in [5.41, 5.74) is 1.01. The third-order valence-corrected chi connectivity index (χ3v) is 4.55. The van der Waals surface area contributed by atoms with Crippen LogP contribution in [0, 0.1) is 5.92 Å². The first-order valence-corrected chi connectivity index (χ1v) is 8.30. The molecule has 1 atom stereocenters. The fourth-order valence-electron chi connectivity index (χ4n) is 2.38. The molecule has 0 aliphatic carbocycles. The number of hydrogen-bond donors (Lipinski definition) is 1. The fraction of sp³-hybridized carbons (Fsp3) is 0.533. The number of carbonyl (C=O) groups is 2. The number of carboxylic acids is 1. The van der Waals surface area contributed by atoms with Crippen molar-refractivity contribution in [3.05, 3.63) is 30.1 Å². The lowest BCUT2D eigenvalue weighted by atomic mass is 9.98. The maximum Gasteiger partial charge on any atom is 0.308 e. The van der Waals surface area contributed by atoms with E-state index in [1.807, 2.05) is 18.2 Å². The third-order valence-electron chi connectivity index (χ3n) is 3.56. The number of nitrogens with zero attached hydrogens (tertiary/aromatic N) is 2. The number of carbonyl (C=O) groups excluding carboxylic acids is 1. The summed E-state index contributed by atoms with van der Waals surface area (Å²) in [6, 6.07) is 5.80. The topological polar surface area (TPSA) is 70.5 Å². The van der Waals surface area contributed by atoms with Crippen molar-refractivity contribution in [2.75, 3.05) is 18.8 Å². The van der Waals surface area contributed by atoms with Crippen LogP contribution in [0.25, 0.3) is 0 Å². The Morgan fingerprint density at radius 1 is 1.43 bits per heavy atom. The third kappa shape index (κ3) is 5.04. The van der Waals surface area contributed by atoms with Gasteiger partial charge in [0.25, 0.3) is 0 Å². The Morgan fingerprint density at radius 3 is 3.00 bits per heavy atom. The van der Waals surface area contributed by atoms with E-state index in [2.05, 4.69) is 4.98 Å². The van der Waals surface area contributed by atoms with Crippen molar-refractivity contribution in [1.29, 1.82) is 0 Å². The van der Waals surface area contributed by atoms with Crippen molar-refractivity contribution in [1.82, 2.24) is 9.88 Å². The monoisotopic (exact) mass is 308 g/mol. The average Bonchev–Trinajstić information content (AvgIpc) is 2.52. The summed E-state index contributed by atoms with van der Waals surface area (Å²) in [5.74, 6) is 0.408. The summed E-state index contributed by atoms with van der Waals surface area (Å²) in [6.07, 6.45) is 3.68. The van der Waals surface area contributed by atoms with E-state index in [-0.39, 0.29) is 5.91 Å². The van der Waals surface area contributed by atoms with Gasteiger partial charge in [0.15, 0.2) is 0 Å². The molecule has 1 unspecified atom stereocenters. The van der Waals surface area contributed by atoms with Gasteiger partial charge in [-0.25, -0.2) is 0 Å².